The fourth-order valence-corrected chi connectivity index (χ4v) is 2.62. The number of rotatable bonds is 6. The number of aryl methyl sites for hydroxylation is 1. The number of nitrogens with zero attached hydrogens (tertiary/aromatic N) is 2. The minimum Gasteiger partial charge on any atom is -0.441 e. The first kappa shape index (κ1) is 16.0. The molecule has 24 heavy (non-hydrogen) atoms. The molecule has 0 atom stereocenters. The molecule has 0 spiro atoms. The summed E-state index contributed by atoms with van der Waals surface area (Å²) in [4.78, 5) is 18.5. The van der Waals surface area contributed by atoms with Crippen LogP contribution in [0.1, 0.15) is 19.2 Å². The normalized spacial score (nSPS) is 10.5. The smallest absolute Gasteiger partial charge is 0.227 e. The van der Waals surface area contributed by atoms with E-state index < -0.39 is 0 Å². The van der Waals surface area contributed by atoms with Gasteiger partial charge < -0.3 is 9.32 Å². The maximum absolute atomic E-state index is 12.5. The molecule has 0 unspecified atom stereocenters. The van der Waals surface area contributed by atoms with Crippen molar-refractivity contribution in [3.63, 3.8) is 0 Å². The Balaban J connectivity index is 1.63. The number of anilines is 1. The zero-order valence-electron chi connectivity index (χ0n) is 13.7. The molecule has 1 amide bonds. The summed E-state index contributed by atoms with van der Waals surface area (Å²) < 4.78 is 5.76. The van der Waals surface area contributed by atoms with Crippen molar-refractivity contribution in [1.82, 2.24) is 4.98 Å². The average molecular weight is 320 g/mol. The van der Waals surface area contributed by atoms with Gasteiger partial charge in [-0.25, -0.2) is 4.98 Å². The van der Waals surface area contributed by atoms with E-state index in [-0.39, 0.29) is 5.91 Å². The van der Waals surface area contributed by atoms with Gasteiger partial charge in [0, 0.05) is 30.6 Å². The topological polar surface area (TPSA) is 46.3 Å². The monoisotopic (exact) mass is 320 g/mol. The molecule has 0 aliphatic heterocycles. The van der Waals surface area contributed by atoms with Crippen molar-refractivity contribution >= 4 is 11.6 Å². The van der Waals surface area contributed by atoms with Gasteiger partial charge in [0.05, 0.1) is 6.20 Å². The van der Waals surface area contributed by atoms with E-state index in [9.17, 15) is 4.79 Å². The zero-order valence-corrected chi connectivity index (χ0v) is 13.7. The molecular formula is C20H20N2O2. The molecule has 0 N–H and O–H groups in total. The Bertz CT molecular complexity index is 782. The predicted molar refractivity (Wildman–Crippen MR) is 94.7 cm³/mol. The highest BCUT2D eigenvalue weighted by Crippen LogP contribution is 2.21. The molecular weight excluding hydrogens is 300 g/mol. The Kier molecular flexibility index (Phi) is 5.06. The van der Waals surface area contributed by atoms with E-state index in [2.05, 4.69) is 4.98 Å². The molecule has 0 saturated carbocycles. The van der Waals surface area contributed by atoms with Crippen molar-refractivity contribution in [3.8, 4) is 11.3 Å². The first-order chi connectivity index (χ1) is 11.8. The summed E-state index contributed by atoms with van der Waals surface area (Å²) in [7, 11) is 0. The molecule has 1 aromatic heterocycles. The van der Waals surface area contributed by atoms with Crippen LogP contribution in [0.4, 0.5) is 5.69 Å². The second-order valence-corrected chi connectivity index (χ2v) is 5.46. The van der Waals surface area contributed by atoms with Crippen LogP contribution in [0, 0.1) is 0 Å². The van der Waals surface area contributed by atoms with E-state index in [1.807, 2.05) is 67.6 Å². The molecule has 122 valence electrons. The Morgan fingerprint density at radius 2 is 1.71 bits per heavy atom. The quantitative estimate of drug-likeness (QED) is 0.679. The highest BCUT2D eigenvalue weighted by atomic mass is 16.4. The Morgan fingerprint density at radius 1 is 1.04 bits per heavy atom. The van der Waals surface area contributed by atoms with E-state index in [0.29, 0.717) is 25.3 Å². The van der Waals surface area contributed by atoms with Crippen molar-refractivity contribution in [2.45, 2.75) is 19.8 Å². The van der Waals surface area contributed by atoms with Crippen LogP contribution in [-0.2, 0) is 11.2 Å². The van der Waals surface area contributed by atoms with Gasteiger partial charge in [-0.3, -0.25) is 4.79 Å². The van der Waals surface area contributed by atoms with Gasteiger partial charge in [0.25, 0.3) is 0 Å². The lowest BCUT2D eigenvalue weighted by Gasteiger charge is -2.20. The van der Waals surface area contributed by atoms with Crippen molar-refractivity contribution in [2.75, 3.05) is 11.4 Å². The lowest BCUT2D eigenvalue weighted by molar-refractivity contribution is -0.118. The lowest BCUT2D eigenvalue weighted by atomic mass is 10.2. The number of carbonyl (C=O) groups is 1. The summed E-state index contributed by atoms with van der Waals surface area (Å²) in [5.41, 5.74) is 1.91. The third-order valence-corrected chi connectivity index (χ3v) is 3.85. The van der Waals surface area contributed by atoms with Gasteiger partial charge in [-0.1, -0.05) is 48.5 Å². The number of para-hydroxylation sites is 1. The highest BCUT2D eigenvalue weighted by molar-refractivity contribution is 5.93. The van der Waals surface area contributed by atoms with Crippen molar-refractivity contribution in [1.29, 1.82) is 0 Å². The van der Waals surface area contributed by atoms with E-state index in [0.717, 1.165) is 17.0 Å². The van der Waals surface area contributed by atoms with Crippen LogP contribution in [0.5, 0.6) is 0 Å². The molecule has 4 nitrogen and oxygen atoms in total. The lowest BCUT2D eigenvalue weighted by Crippen LogP contribution is -2.30. The van der Waals surface area contributed by atoms with Gasteiger partial charge >= 0.3 is 0 Å². The summed E-state index contributed by atoms with van der Waals surface area (Å²) in [6.07, 6.45) is 2.58. The molecule has 0 radical (unpaired) electrons. The van der Waals surface area contributed by atoms with Crippen LogP contribution in [0.15, 0.2) is 71.3 Å². The van der Waals surface area contributed by atoms with Gasteiger partial charge in [0.2, 0.25) is 5.91 Å². The van der Waals surface area contributed by atoms with Crippen LogP contribution in [-0.4, -0.2) is 17.4 Å². The van der Waals surface area contributed by atoms with Gasteiger partial charge in [0.1, 0.15) is 0 Å². The van der Waals surface area contributed by atoms with Crippen LogP contribution < -0.4 is 4.90 Å². The highest BCUT2D eigenvalue weighted by Gasteiger charge is 2.15. The standard InChI is InChI=1S/C20H20N2O2/c1-2-22(17-11-7-4-8-12-17)20(23)14-13-19-21-15-18(24-19)16-9-5-3-6-10-16/h3-12,15H,2,13-14H2,1H3. The summed E-state index contributed by atoms with van der Waals surface area (Å²) in [5, 5.41) is 0. The minimum absolute atomic E-state index is 0.0724. The molecule has 4 heteroatoms. The SMILES string of the molecule is CCN(C(=O)CCc1ncc(-c2ccccc2)o1)c1ccccc1. The molecule has 3 aromatic rings. The van der Waals surface area contributed by atoms with Crippen LogP contribution in [0.3, 0.4) is 0 Å². The molecule has 0 fully saturated rings. The minimum atomic E-state index is 0.0724. The molecule has 3 rings (SSSR count). The number of carbonyl (C=O) groups excluding carboxylic acids is 1. The average Bonchev–Trinajstić information content (AvgIpc) is 3.11. The van der Waals surface area contributed by atoms with Crippen molar-refractivity contribution in [2.24, 2.45) is 0 Å². The van der Waals surface area contributed by atoms with E-state index in [1.54, 1.807) is 11.1 Å². The van der Waals surface area contributed by atoms with E-state index >= 15 is 0 Å². The molecule has 2 aromatic carbocycles. The molecule has 0 bridgehead atoms. The van der Waals surface area contributed by atoms with Gasteiger partial charge in [0.15, 0.2) is 11.7 Å². The van der Waals surface area contributed by atoms with Gasteiger partial charge in [-0.05, 0) is 19.1 Å². The zero-order chi connectivity index (χ0) is 16.8. The largest absolute Gasteiger partial charge is 0.441 e. The van der Waals surface area contributed by atoms with E-state index in [4.69, 9.17) is 4.42 Å². The maximum Gasteiger partial charge on any atom is 0.227 e. The van der Waals surface area contributed by atoms with Crippen LogP contribution in [0.2, 0.25) is 0 Å². The van der Waals surface area contributed by atoms with Gasteiger partial charge in [-0.2, -0.15) is 0 Å². The van der Waals surface area contributed by atoms with Crippen molar-refractivity contribution < 1.29 is 9.21 Å². The predicted octanol–water partition coefficient (Wildman–Crippen LogP) is 4.33. The van der Waals surface area contributed by atoms with Crippen LogP contribution >= 0.6 is 0 Å². The van der Waals surface area contributed by atoms with E-state index in [1.165, 1.54) is 0 Å². The fourth-order valence-electron chi connectivity index (χ4n) is 2.62. The molecule has 1 heterocycles. The third-order valence-electron chi connectivity index (χ3n) is 3.85. The van der Waals surface area contributed by atoms with Gasteiger partial charge in [-0.15, -0.1) is 0 Å². The fraction of sp³-hybridized carbons (Fsp3) is 0.200. The molecule has 0 saturated heterocycles. The molecule has 0 aliphatic carbocycles. The number of hydrogen-bond acceptors (Lipinski definition) is 3. The number of hydrogen-bond donors (Lipinski definition) is 0. The first-order valence-electron chi connectivity index (χ1n) is 8.13. The summed E-state index contributed by atoms with van der Waals surface area (Å²) >= 11 is 0. The Hall–Kier alpha value is -2.88. The third kappa shape index (κ3) is 3.71. The number of oxazole rings is 1. The maximum atomic E-state index is 12.5. The summed E-state index contributed by atoms with van der Waals surface area (Å²) in [6, 6.07) is 19.5. The van der Waals surface area contributed by atoms with Crippen molar-refractivity contribution in [3.05, 3.63) is 72.8 Å². The number of benzene rings is 2. The van der Waals surface area contributed by atoms with Crippen LogP contribution in [0.25, 0.3) is 11.3 Å². The summed E-state index contributed by atoms with van der Waals surface area (Å²) in [5.74, 6) is 1.39. The Labute approximate surface area is 141 Å². The second kappa shape index (κ2) is 7.59. The Morgan fingerprint density at radius 3 is 2.38 bits per heavy atom. The number of aromatic nitrogens is 1. The summed E-state index contributed by atoms with van der Waals surface area (Å²) in [6.45, 7) is 2.62. The molecule has 0 aliphatic rings. The second-order valence-electron chi connectivity index (χ2n) is 5.46. The number of amides is 1. The first-order valence-corrected chi connectivity index (χ1v) is 8.13.